The predicted molar refractivity (Wildman–Crippen MR) is 73.9 cm³/mol. The smallest absolute Gasteiger partial charge is 0.0959 e. The van der Waals surface area contributed by atoms with Gasteiger partial charge in [-0.05, 0) is 37.3 Å². The van der Waals surface area contributed by atoms with Crippen molar-refractivity contribution >= 4 is 11.0 Å². The number of para-hydroxylation sites is 2. The van der Waals surface area contributed by atoms with Crippen molar-refractivity contribution < 1.29 is 9.84 Å². The van der Waals surface area contributed by atoms with Crippen LogP contribution in [0.4, 0.5) is 0 Å². The summed E-state index contributed by atoms with van der Waals surface area (Å²) in [6, 6.07) is 8.03. The predicted octanol–water partition coefficient (Wildman–Crippen LogP) is 2.21. The van der Waals surface area contributed by atoms with Gasteiger partial charge < -0.3 is 14.4 Å². The van der Waals surface area contributed by atoms with E-state index in [1.807, 2.05) is 35.2 Å². The lowest BCUT2D eigenvalue weighted by atomic mass is 9.93. The number of imidazole rings is 1. The van der Waals surface area contributed by atoms with Crippen molar-refractivity contribution in [1.29, 1.82) is 0 Å². The third kappa shape index (κ3) is 2.96. The molecule has 1 aliphatic heterocycles. The highest BCUT2D eigenvalue weighted by Crippen LogP contribution is 2.21. The molecule has 1 aromatic heterocycles. The number of ether oxygens (including phenoxy) is 1. The van der Waals surface area contributed by atoms with Crippen molar-refractivity contribution in [1.82, 2.24) is 9.55 Å². The van der Waals surface area contributed by atoms with Gasteiger partial charge in [-0.2, -0.15) is 0 Å². The van der Waals surface area contributed by atoms with Gasteiger partial charge in [0.15, 0.2) is 0 Å². The second-order valence-corrected chi connectivity index (χ2v) is 5.33. The highest BCUT2D eigenvalue weighted by Gasteiger charge is 2.18. The molecule has 0 spiro atoms. The SMILES string of the molecule is OC(CC1CCOCC1)Cn1cnc2ccccc21. The summed E-state index contributed by atoms with van der Waals surface area (Å²) in [5, 5.41) is 10.2. The molecular weight excluding hydrogens is 240 g/mol. The first-order valence-electron chi connectivity index (χ1n) is 6.98. The van der Waals surface area contributed by atoms with E-state index in [2.05, 4.69) is 4.98 Å². The Hall–Kier alpha value is -1.39. The molecule has 1 fully saturated rings. The summed E-state index contributed by atoms with van der Waals surface area (Å²) in [5.41, 5.74) is 2.08. The van der Waals surface area contributed by atoms with Crippen LogP contribution in [0.15, 0.2) is 30.6 Å². The molecule has 1 atom stereocenters. The molecule has 0 amide bonds. The average Bonchev–Trinajstić information content (AvgIpc) is 2.83. The van der Waals surface area contributed by atoms with Crippen molar-refractivity contribution in [2.75, 3.05) is 13.2 Å². The van der Waals surface area contributed by atoms with Crippen LogP contribution in [0.2, 0.25) is 0 Å². The van der Waals surface area contributed by atoms with Crippen LogP contribution in [-0.4, -0.2) is 34.0 Å². The van der Waals surface area contributed by atoms with Crippen LogP contribution in [0.3, 0.4) is 0 Å². The van der Waals surface area contributed by atoms with Gasteiger partial charge in [-0.3, -0.25) is 0 Å². The maximum absolute atomic E-state index is 10.2. The third-order valence-electron chi connectivity index (χ3n) is 3.88. The fourth-order valence-electron chi connectivity index (χ4n) is 2.82. The molecule has 19 heavy (non-hydrogen) atoms. The number of hydrogen-bond acceptors (Lipinski definition) is 3. The number of aromatic nitrogens is 2. The van der Waals surface area contributed by atoms with Gasteiger partial charge in [0.25, 0.3) is 0 Å². The minimum atomic E-state index is -0.305. The first-order chi connectivity index (χ1) is 9.33. The van der Waals surface area contributed by atoms with E-state index in [1.54, 1.807) is 0 Å². The molecule has 4 nitrogen and oxygen atoms in total. The van der Waals surface area contributed by atoms with E-state index in [0.29, 0.717) is 12.5 Å². The van der Waals surface area contributed by atoms with Crippen LogP contribution < -0.4 is 0 Å². The summed E-state index contributed by atoms with van der Waals surface area (Å²) in [7, 11) is 0. The molecule has 0 aliphatic carbocycles. The summed E-state index contributed by atoms with van der Waals surface area (Å²) in [6.45, 7) is 2.30. The van der Waals surface area contributed by atoms with Gasteiger partial charge >= 0.3 is 0 Å². The van der Waals surface area contributed by atoms with E-state index in [-0.39, 0.29) is 6.10 Å². The normalized spacial score (nSPS) is 18.8. The van der Waals surface area contributed by atoms with Gasteiger partial charge in [-0.15, -0.1) is 0 Å². The van der Waals surface area contributed by atoms with Crippen LogP contribution in [0, 0.1) is 5.92 Å². The minimum absolute atomic E-state index is 0.305. The Labute approximate surface area is 113 Å². The van der Waals surface area contributed by atoms with Crippen LogP contribution in [-0.2, 0) is 11.3 Å². The van der Waals surface area contributed by atoms with Crippen LogP contribution in [0.1, 0.15) is 19.3 Å². The fourth-order valence-corrected chi connectivity index (χ4v) is 2.82. The number of benzene rings is 1. The third-order valence-corrected chi connectivity index (χ3v) is 3.88. The number of nitrogens with zero attached hydrogens (tertiary/aromatic N) is 2. The van der Waals surface area contributed by atoms with E-state index in [0.717, 1.165) is 43.5 Å². The Kier molecular flexibility index (Phi) is 3.80. The van der Waals surface area contributed by atoms with E-state index >= 15 is 0 Å². The monoisotopic (exact) mass is 260 g/mol. The van der Waals surface area contributed by atoms with Crippen molar-refractivity contribution in [3.63, 3.8) is 0 Å². The molecule has 0 radical (unpaired) electrons. The highest BCUT2D eigenvalue weighted by atomic mass is 16.5. The van der Waals surface area contributed by atoms with Gasteiger partial charge in [0.1, 0.15) is 0 Å². The first kappa shape index (κ1) is 12.6. The topological polar surface area (TPSA) is 47.3 Å². The lowest BCUT2D eigenvalue weighted by molar-refractivity contribution is 0.0404. The zero-order chi connectivity index (χ0) is 13.1. The van der Waals surface area contributed by atoms with Crippen molar-refractivity contribution in [2.24, 2.45) is 5.92 Å². The van der Waals surface area contributed by atoms with E-state index < -0.39 is 0 Å². The summed E-state index contributed by atoms with van der Waals surface area (Å²) < 4.78 is 7.39. The number of hydrogen-bond donors (Lipinski definition) is 1. The number of aliphatic hydroxyl groups is 1. The van der Waals surface area contributed by atoms with Gasteiger partial charge in [-0.25, -0.2) is 4.98 Å². The second kappa shape index (κ2) is 5.72. The average molecular weight is 260 g/mol. The zero-order valence-corrected chi connectivity index (χ0v) is 11.0. The number of fused-ring (bicyclic) bond motifs is 1. The molecule has 1 saturated heterocycles. The van der Waals surface area contributed by atoms with Crippen LogP contribution in [0.25, 0.3) is 11.0 Å². The summed E-state index contributed by atoms with van der Waals surface area (Å²) in [4.78, 5) is 4.35. The molecule has 0 saturated carbocycles. The molecule has 0 bridgehead atoms. The van der Waals surface area contributed by atoms with Crippen LogP contribution >= 0.6 is 0 Å². The maximum Gasteiger partial charge on any atom is 0.0959 e. The number of rotatable bonds is 4. The summed E-state index contributed by atoms with van der Waals surface area (Å²) in [5.74, 6) is 0.596. The highest BCUT2D eigenvalue weighted by molar-refractivity contribution is 5.74. The molecule has 1 aromatic carbocycles. The Morgan fingerprint density at radius 2 is 2.11 bits per heavy atom. The summed E-state index contributed by atoms with van der Waals surface area (Å²) in [6.07, 6.45) is 4.51. The molecule has 102 valence electrons. The van der Waals surface area contributed by atoms with E-state index in [9.17, 15) is 5.11 Å². The molecule has 1 aliphatic rings. The molecule has 1 unspecified atom stereocenters. The number of aliphatic hydroxyl groups excluding tert-OH is 1. The standard InChI is InChI=1S/C15H20N2O2/c18-13(9-12-5-7-19-8-6-12)10-17-11-16-14-3-1-2-4-15(14)17/h1-4,11-13,18H,5-10H2. The van der Waals surface area contributed by atoms with Crippen molar-refractivity contribution in [3.05, 3.63) is 30.6 Å². The Morgan fingerprint density at radius 1 is 1.32 bits per heavy atom. The first-order valence-corrected chi connectivity index (χ1v) is 6.98. The molecule has 1 N–H and O–H groups in total. The molecule has 2 heterocycles. The zero-order valence-electron chi connectivity index (χ0n) is 11.0. The minimum Gasteiger partial charge on any atom is -0.391 e. The Balaban J connectivity index is 1.63. The summed E-state index contributed by atoms with van der Waals surface area (Å²) >= 11 is 0. The molecule has 4 heteroatoms. The van der Waals surface area contributed by atoms with Gasteiger partial charge in [-0.1, -0.05) is 12.1 Å². The Bertz CT molecular complexity index is 532. The van der Waals surface area contributed by atoms with Gasteiger partial charge in [0, 0.05) is 13.2 Å². The molecular formula is C15H20N2O2. The van der Waals surface area contributed by atoms with E-state index in [4.69, 9.17) is 4.74 Å². The van der Waals surface area contributed by atoms with Crippen molar-refractivity contribution in [2.45, 2.75) is 31.9 Å². The van der Waals surface area contributed by atoms with E-state index in [1.165, 1.54) is 0 Å². The fraction of sp³-hybridized carbons (Fsp3) is 0.533. The molecule has 3 rings (SSSR count). The second-order valence-electron chi connectivity index (χ2n) is 5.33. The van der Waals surface area contributed by atoms with Crippen molar-refractivity contribution in [3.8, 4) is 0 Å². The van der Waals surface area contributed by atoms with Gasteiger partial charge in [0.05, 0.1) is 30.0 Å². The molecule has 2 aromatic rings. The van der Waals surface area contributed by atoms with Crippen LogP contribution in [0.5, 0.6) is 0 Å². The maximum atomic E-state index is 10.2. The quantitative estimate of drug-likeness (QED) is 0.917. The lowest BCUT2D eigenvalue weighted by Gasteiger charge is -2.24. The Morgan fingerprint density at radius 3 is 2.95 bits per heavy atom. The lowest BCUT2D eigenvalue weighted by Crippen LogP contribution is -2.23. The largest absolute Gasteiger partial charge is 0.391 e. The van der Waals surface area contributed by atoms with Gasteiger partial charge in [0.2, 0.25) is 0 Å².